The maximum absolute atomic E-state index is 12.2. The number of carbonyl (C=O) groups excluding carboxylic acids is 1. The number of aromatic nitrogens is 4. The lowest BCUT2D eigenvalue weighted by Crippen LogP contribution is -2.31. The SMILES string of the molecule is COc1cc(OC)cc(-c2nc3n(n2)[C@@H](c2cccnc2)C(C(N)=O)=C(C)N3)c1. The third-order valence-corrected chi connectivity index (χ3v) is 4.73. The largest absolute Gasteiger partial charge is 0.497 e. The van der Waals surface area contributed by atoms with Crippen molar-refractivity contribution >= 4 is 11.9 Å². The number of methoxy groups -OCH3 is 2. The minimum atomic E-state index is -0.536. The van der Waals surface area contributed by atoms with E-state index in [1.807, 2.05) is 18.2 Å². The van der Waals surface area contributed by atoms with Gasteiger partial charge in [-0.05, 0) is 30.7 Å². The summed E-state index contributed by atoms with van der Waals surface area (Å²) in [6.45, 7) is 1.79. The molecule has 9 nitrogen and oxygen atoms in total. The van der Waals surface area contributed by atoms with Crippen LogP contribution < -0.4 is 20.5 Å². The first kappa shape index (κ1) is 18.5. The number of benzene rings is 1. The van der Waals surface area contributed by atoms with Crippen LogP contribution in [0, 0.1) is 0 Å². The van der Waals surface area contributed by atoms with E-state index in [2.05, 4.69) is 20.4 Å². The molecule has 1 amide bonds. The van der Waals surface area contributed by atoms with Gasteiger partial charge in [0.15, 0.2) is 5.82 Å². The molecule has 29 heavy (non-hydrogen) atoms. The summed E-state index contributed by atoms with van der Waals surface area (Å²) in [6.07, 6.45) is 3.35. The van der Waals surface area contributed by atoms with Gasteiger partial charge in [0.25, 0.3) is 0 Å². The van der Waals surface area contributed by atoms with Crippen LogP contribution >= 0.6 is 0 Å². The van der Waals surface area contributed by atoms with Gasteiger partial charge in [0.1, 0.15) is 17.5 Å². The molecule has 3 aromatic rings. The Hall–Kier alpha value is -3.88. The number of nitrogens with two attached hydrogens (primary N) is 1. The van der Waals surface area contributed by atoms with Crippen molar-refractivity contribution < 1.29 is 14.3 Å². The Bertz CT molecular complexity index is 1080. The van der Waals surface area contributed by atoms with Gasteiger partial charge in [-0.3, -0.25) is 9.78 Å². The number of amides is 1. The number of carbonyl (C=O) groups is 1. The van der Waals surface area contributed by atoms with E-state index in [0.717, 1.165) is 5.56 Å². The van der Waals surface area contributed by atoms with E-state index in [-0.39, 0.29) is 0 Å². The molecule has 1 aromatic carbocycles. The standard InChI is InChI=1S/C20H20N6O3/c1-11-16(18(21)27)17(12-5-4-6-22-10-12)26-20(23-11)24-19(25-26)13-7-14(28-2)9-15(8-13)29-3/h4-10,17H,1-3H3,(H2,21,27)(H,23,24,25)/t17-/m0/s1. The first-order valence-electron chi connectivity index (χ1n) is 8.89. The second kappa shape index (κ2) is 7.27. The fraction of sp³-hybridized carbons (Fsp3) is 0.200. The number of rotatable bonds is 5. The quantitative estimate of drug-likeness (QED) is 0.683. The van der Waals surface area contributed by atoms with Crippen molar-refractivity contribution in [2.45, 2.75) is 13.0 Å². The van der Waals surface area contributed by atoms with Crippen molar-refractivity contribution in [2.75, 3.05) is 19.5 Å². The zero-order valence-electron chi connectivity index (χ0n) is 16.2. The minimum Gasteiger partial charge on any atom is -0.497 e. The molecule has 0 unspecified atom stereocenters. The van der Waals surface area contributed by atoms with Gasteiger partial charge < -0.3 is 20.5 Å². The van der Waals surface area contributed by atoms with Gasteiger partial charge >= 0.3 is 0 Å². The number of ether oxygens (including phenoxy) is 2. The molecule has 4 rings (SSSR count). The molecule has 148 valence electrons. The summed E-state index contributed by atoms with van der Waals surface area (Å²) in [4.78, 5) is 21.0. The molecule has 2 aromatic heterocycles. The maximum Gasteiger partial charge on any atom is 0.248 e. The zero-order valence-corrected chi connectivity index (χ0v) is 16.2. The van der Waals surface area contributed by atoms with Crippen molar-refractivity contribution in [3.63, 3.8) is 0 Å². The summed E-state index contributed by atoms with van der Waals surface area (Å²) >= 11 is 0. The van der Waals surface area contributed by atoms with Crippen LogP contribution in [0.3, 0.4) is 0 Å². The van der Waals surface area contributed by atoms with Crippen molar-refractivity contribution in [3.8, 4) is 22.9 Å². The summed E-state index contributed by atoms with van der Waals surface area (Å²) in [5.41, 5.74) is 8.21. The number of nitrogens with zero attached hydrogens (tertiary/aromatic N) is 4. The van der Waals surface area contributed by atoms with Crippen LogP contribution in [0.1, 0.15) is 18.5 Å². The average Bonchev–Trinajstić information content (AvgIpc) is 3.16. The number of fused-ring (bicyclic) bond motifs is 1. The third kappa shape index (κ3) is 3.27. The topological polar surface area (TPSA) is 117 Å². The summed E-state index contributed by atoms with van der Waals surface area (Å²) in [5, 5.41) is 7.78. The van der Waals surface area contributed by atoms with Gasteiger partial charge in [-0.25, -0.2) is 4.68 Å². The molecule has 1 aliphatic rings. The smallest absolute Gasteiger partial charge is 0.248 e. The van der Waals surface area contributed by atoms with E-state index in [0.29, 0.717) is 40.1 Å². The van der Waals surface area contributed by atoms with E-state index >= 15 is 0 Å². The van der Waals surface area contributed by atoms with Crippen LogP contribution in [0.15, 0.2) is 54.0 Å². The first-order valence-corrected chi connectivity index (χ1v) is 8.89. The minimum absolute atomic E-state index is 0.408. The Morgan fingerprint density at radius 2 is 1.93 bits per heavy atom. The van der Waals surface area contributed by atoms with Crippen LogP contribution in [0.4, 0.5) is 5.95 Å². The highest BCUT2D eigenvalue weighted by Crippen LogP contribution is 2.36. The summed E-state index contributed by atoms with van der Waals surface area (Å²) in [6, 6.07) is 8.55. The molecule has 0 fully saturated rings. The zero-order chi connectivity index (χ0) is 20.5. The number of allylic oxidation sites excluding steroid dienone is 1. The lowest BCUT2D eigenvalue weighted by Gasteiger charge is -2.27. The van der Waals surface area contributed by atoms with Gasteiger partial charge in [-0.1, -0.05) is 6.07 Å². The van der Waals surface area contributed by atoms with Gasteiger partial charge in [0.05, 0.1) is 19.8 Å². The second-order valence-corrected chi connectivity index (χ2v) is 6.52. The Labute approximate surface area is 167 Å². The fourth-order valence-corrected chi connectivity index (χ4v) is 3.37. The van der Waals surface area contributed by atoms with E-state index in [4.69, 9.17) is 15.2 Å². The van der Waals surface area contributed by atoms with Gasteiger partial charge in [0.2, 0.25) is 11.9 Å². The molecular formula is C20H20N6O3. The van der Waals surface area contributed by atoms with Crippen LogP contribution in [-0.2, 0) is 4.79 Å². The molecule has 0 spiro atoms. The number of anilines is 1. The maximum atomic E-state index is 12.2. The Morgan fingerprint density at radius 1 is 1.21 bits per heavy atom. The molecule has 0 radical (unpaired) electrons. The summed E-state index contributed by atoms with van der Waals surface area (Å²) in [7, 11) is 3.16. The Kier molecular flexibility index (Phi) is 4.63. The van der Waals surface area contributed by atoms with Gasteiger partial charge in [0, 0.05) is 29.7 Å². The predicted molar refractivity (Wildman–Crippen MR) is 106 cm³/mol. The van der Waals surface area contributed by atoms with Crippen molar-refractivity contribution in [2.24, 2.45) is 5.73 Å². The van der Waals surface area contributed by atoms with Crippen molar-refractivity contribution in [3.05, 3.63) is 59.6 Å². The van der Waals surface area contributed by atoms with Crippen LogP contribution in [0.2, 0.25) is 0 Å². The van der Waals surface area contributed by atoms with Crippen molar-refractivity contribution in [1.29, 1.82) is 0 Å². The summed E-state index contributed by atoms with van der Waals surface area (Å²) in [5.74, 6) is 1.66. The van der Waals surface area contributed by atoms with Crippen molar-refractivity contribution in [1.82, 2.24) is 19.7 Å². The monoisotopic (exact) mass is 392 g/mol. The second-order valence-electron chi connectivity index (χ2n) is 6.52. The molecule has 0 aliphatic carbocycles. The highest BCUT2D eigenvalue weighted by Gasteiger charge is 2.33. The first-order chi connectivity index (χ1) is 14.0. The lowest BCUT2D eigenvalue weighted by atomic mass is 9.97. The Morgan fingerprint density at radius 3 is 2.52 bits per heavy atom. The van der Waals surface area contributed by atoms with Gasteiger partial charge in [-0.2, -0.15) is 4.98 Å². The molecule has 1 aliphatic heterocycles. The molecule has 3 N–H and O–H groups in total. The number of hydrogen-bond acceptors (Lipinski definition) is 7. The number of pyridine rings is 1. The normalized spacial score (nSPS) is 15.5. The molecule has 0 bridgehead atoms. The van der Waals surface area contributed by atoms with E-state index in [1.165, 1.54) is 0 Å². The molecular weight excluding hydrogens is 372 g/mol. The lowest BCUT2D eigenvalue weighted by molar-refractivity contribution is -0.115. The number of nitrogens with one attached hydrogen (secondary N) is 1. The van der Waals surface area contributed by atoms with E-state index in [1.54, 1.807) is 50.4 Å². The molecule has 0 saturated heterocycles. The summed E-state index contributed by atoms with van der Waals surface area (Å²) < 4.78 is 12.3. The van der Waals surface area contributed by atoms with E-state index < -0.39 is 11.9 Å². The molecule has 1 atom stereocenters. The van der Waals surface area contributed by atoms with Crippen LogP contribution in [0.5, 0.6) is 11.5 Å². The highest BCUT2D eigenvalue weighted by molar-refractivity contribution is 5.95. The van der Waals surface area contributed by atoms with Crippen LogP contribution in [-0.4, -0.2) is 39.9 Å². The average molecular weight is 392 g/mol. The molecule has 0 saturated carbocycles. The molecule has 3 heterocycles. The fourth-order valence-electron chi connectivity index (χ4n) is 3.37. The van der Waals surface area contributed by atoms with Crippen LogP contribution in [0.25, 0.3) is 11.4 Å². The third-order valence-electron chi connectivity index (χ3n) is 4.73. The molecule has 9 heteroatoms. The predicted octanol–water partition coefficient (Wildman–Crippen LogP) is 2.13. The van der Waals surface area contributed by atoms with Gasteiger partial charge in [-0.15, -0.1) is 5.10 Å². The highest BCUT2D eigenvalue weighted by atomic mass is 16.5. The Balaban J connectivity index is 1.87. The number of hydrogen-bond donors (Lipinski definition) is 2. The number of primary amides is 1. The van der Waals surface area contributed by atoms with E-state index in [9.17, 15) is 4.79 Å².